The summed E-state index contributed by atoms with van der Waals surface area (Å²) in [5.74, 6) is -0.321. The van der Waals surface area contributed by atoms with Crippen molar-refractivity contribution in [2.45, 2.75) is 12.5 Å². The number of pyridine rings is 1. The molecule has 0 aliphatic rings. The Hall–Kier alpha value is -1.92. The zero-order chi connectivity index (χ0) is 14.8. The van der Waals surface area contributed by atoms with Gasteiger partial charge in [-0.25, -0.2) is 4.98 Å². The van der Waals surface area contributed by atoms with E-state index in [1.165, 1.54) is 12.3 Å². The lowest BCUT2D eigenvalue weighted by molar-refractivity contribution is 0.0525. The number of hydrogen-bond donors (Lipinski definition) is 2. The number of hydrogen-bond acceptors (Lipinski definition) is 4. The third-order valence-corrected chi connectivity index (χ3v) is 3.13. The van der Waals surface area contributed by atoms with Crippen molar-refractivity contribution in [3.8, 4) is 0 Å². The second kappa shape index (κ2) is 5.60. The van der Waals surface area contributed by atoms with Crippen LogP contribution in [0, 0.1) is 0 Å². The zero-order valence-corrected chi connectivity index (χ0v) is 11.9. The Morgan fingerprint density at radius 1 is 1.50 bits per heavy atom. The maximum absolute atomic E-state index is 11.9. The fourth-order valence-corrected chi connectivity index (χ4v) is 1.78. The van der Waals surface area contributed by atoms with E-state index >= 15 is 0 Å². The van der Waals surface area contributed by atoms with Crippen LogP contribution in [-0.2, 0) is 12.6 Å². The standard InChI is InChI=1S/C13H15ClN4O2/c1-13(20,10-6-17-18(2)7-10)8-16-12(19)9-3-4-11(14)15-5-9/h3-7,20H,8H2,1-2H3,(H,16,19). The highest BCUT2D eigenvalue weighted by Crippen LogP contribution is 2.18. The molecule has 0 radical (unpaired) electrons. The molecular formula is C13H15ClN4O2. The molecule has 1 atom stereocenters. The van der Waals surface area contributed by atoms with Gasteiger partial charge in [0, 0.05) is 25.0 Å². The number of amides is 1. The molecule has 0 aromatic carbocycles. The molecule has 6 nitrogen and oxygen atoms in total. The fraction of sp³-hybridized carbons (Fsp3) is 0.308. The lowest BCUT2D eigenvalue weighted by Crippen LogP contribution is -2.38. The lowest BCUT2D eigenvalue weighted by Gasteiger charge is -2.22. The summed E-state index contributed by atoms with van der Waals surface area (Å²) in [4.78, 5) is 15.7. The molecule has 2 heterocycles. The Morgan fingerprint density at radius 3 is 2.80 bits per heavy atom. The van der Waals surface area contributed by atoms with E-state index in [1.54, 1.807) is 37.1 Å². The van der Waals surface area contributed by atoms with Gasteiger partial charge < -0.3 is 10.4 Å². The Kier molecular flexibility index (Phi) is 4.06. The van der Waals surface area contributed by atoms with Gasteiger partial charge in [-0.05, 0) is 19.1 Å². The van der Waals surface area contributed by atoms with E-state index in [0.29, 0.717) is 16.3 Å². The number of nitrogens with zero attached hydrogens (tertiary/aromatic N) is 3. The predicted octanol–water partition coefficient (Wildman–Crippen LogP) is 1.11. The van der Waals surface area contributed by atoms with Crippen molar-refractivity contribution in [3.05, 3.63) is 47.0 Å². The van der Waals surface area contributed by atoms with E-state index in [0.717, 1.165) is 0 Å². The first-order valence-electron chi connectivity index (χ1n) is 6.00. The van der Waals surface area contributed by atoms with Crippen LogP contribution in [0.15, 0.2) is 30.7 Å². The van der Waals surface area contributed by atoms with Crippen LogP contribution in [0.1, 0.15) is 22.8 Å². The molecule has 0 saturated carbocycles. The first kappa shape index (κ1) is 14.5. The summed E-state index contributed by atoms with van der Waals surface area (Å²) in [5.41, 5.74) is -0.171. The van der Waals surface area contributed by atoms with Gasteiger partial charge in [0.1, 0.15) is 10.8 Å². The van der Waals surface area contributed by atoms with Crippen LogP contribution < -0.4 is 5.32 Å². The average molecular weight is 295 g/mol. The summed E-state index contributed by atoms with van der Waals surface area (Å²) in [7, 11) is 1.76. The van der Waals surface area contributed by atoms with Gasteiger partial charge in [-0.15, -0.1) is 0 Å². The topological polar surface area (TPSA) is 80.0 Å². The Bertz CT molecular complexity index is 607. The van der Waals surface area contributed by atoms with Gasteiger partial charge in [-0.2, -0.15) is 5.10 Å². The first-order chi connectivity index (χ1) is 9.38. The minimum atomic E-state index is -1.19. The molecule has 2 aromatic heterocycles. The summed E-state index contributed by atoms with van der Waals surface area (Å²) >= 11 is 5.66. The maximum Gasteiger partial charge on any atom is 0.252 e. The van der Waals surface area contributed by atoms with Crippen LogP contribution in [0.2, 0.25) is 5.15 Å². The summed E-state index contributed by atoms with van der Waals surface area (Å²) < 4.78 is 1.59. The molecule has 0 bridgehead atoms. The van der Waals surface area contributed by atoms with Crippen molar-refractivity contribution in [2.24, 2.45) is 7.05 Å². The molecule has 7 heteroatoms. The Morgan fingerprint density at radius 2 is 2.25 bits per heavy atom. The summed E-state index contributed by atoms with van der Waals surface area (Å²) in [6.45, 7) is 1.69. The second-order valence-corrected chi connectivity index (χ2v) is 5.12. The van der Waals surface area contributed by atoms with Gasteiger partial charge in [0.2, 0.25) is 0 Å². The van der Waals surface area contributed by atoms with Crippen LogP contribution in [0.3, 0.4) is 0 Å². The van der Waals surface area contributed by atoms with Gasteiger partial charge in [0.05, 0.1) is 18.3 Å². The van der Waals surface area contributed by atoms with Gasteiger partial charge in [0.25, 0.3) is 5.91 Å². The number of aromatic nitrogens is 3. The molecule has 2 rings (SSSR count). The van der Waals surface area contributed by atoms with Crippen molar-refractivity contribution < 1.29 is 9.90 Å². The molecule has 0 aliphatic carbocycles. The smallest absolute Gasteiger partial charge is 0.252 e. The average Bonchev–Trinajstić information content (AvgIpc) is 2.84. The predicted molar refractivity (Wildman–Crippen MR) is 74.4 cm³/mol. The molecule has 0 spiro atoms. The largest absolute Gasteiger partial charge is 0.383 e. The number of halogens is 1. The van der Waals surface area contributed by atoms with E-state index in [1.807, 2.05) is 0 Å². The van der Waals surface area contributed by atoms with E-state index < -0.39 is 5.60 Å². The van der Waals surface area contributed by atoms with Crippen LogP contribution in [-0.4, -0.2) is 32.3 Å². The molecule has 20 heavy (non-hydrogen) atoms. The zero-order valence-electron chi connectivity index (χ0n) is 11.2. The van der Waals surface area contributed by atoms with E-state index in [2.05, 4.69) is 15.4 Å². The number of rotatable bonds is 4. The van der Waals surface area contributed by atoms with Gasteiger partial charge >= 0.3 is 0 Å². The van der Waals surface area contributed by atoms with Crippen LogP contribution in [0.5, 0.6) is 0 Å². The van der Waals surface area contributed by atoms with Gasteiger partial charge in [-0.1, -0.05) is 11.6 Å². The second-order valence-electron chi connectivity index (χ2n) is 4.73. The summed E-state index contributed by atoms with van der Waals surface area (Å²) in [6, 6.07) is 3.11. The van der Waals surface area contributed by atoms with Crippen molar-refractivity contribution >= 4 is 17.5 Å². The molecular weight excluding hydrogens is 280 g/mol. The van der Waals surface area contributed by atoms with E-state index in [-0.39, 0.29) is 12.5 Å². The fourth-order valence-electron chi connectivity index (χ4n) is 1.67. The molecule has 0 fully saturated rings. The Labute approximate surface area is 121 Å². The number of aliphatic hydroxyl groups is 1. The number of aryl methyl sites for hydroxylation is 1. The highest BCUT2D eigenvalue weighted by Gasteiger charge is 2.25. The normalized spacial score (nSPS) is 13.8. The molecule has 0 saturated heterocycles. The SMILES string of the molecule is Cn1cc(C(C)(O)CNC(=O)c2ccc(Cl)nc2)cn1. The number of carbonyl (C=O) groups is 1. The van der Waals surface area contributed by atoms with Crippen molar-refractivity contribution in [1.82, 2.24) is 20.1 Å². The highest BCUT2D eigenvalue weighted by atomic mass is 35.5. The van der Waals surface area contributed by atoms with E-state index in [4.69, 9.17) is 11.6 Å². The molecule has 1 amide bonds. The minimum absolute atomic E-state index is 0.0696. The van der Waals surface area contributed by atoms with Gasteiger partial charge in [-0.3, -0.25) is 9.48 Å². The maximum atomic E-state index is 11.9. The highest BCUT2D eigenvalue weighted by molar-refractivity contribution is 6.29. The summed E-state index contributed by atoms with van der Waals surface area (Å²) in [6.07, 6.45) is 4.66. The third-order valence-electron chi connectivity index (χ3n) is 2.91. The molecule has 2 N–H and O–H groups in total. The van der Waals surface area contributed by atoms with Crippen molar-refractivity contribution in [3.63, 3.8) is 0 Å². The molecule has 106 valence electrons. The first-order valence-corrected chi connectivity index (χ1v) is 6.37. The van der Waals surface area contributed by atoms with Crippen LogP contribution >= 0.6 is 11.6 Å². The monoisotopic (exact) mass is 294 g/mol. The van der Waals surface area contributed by atoms with Gasteiger partial charge in [0.15, 0.2) is 0 Å². The number of nitrogens with one attached hydrogen (secondary N) is 1. The number of carbonyl (C=O) groups excluding carboxylic acids is 1. The Balaban J connectivity index is 2.00. The van der Waals surface area contributed by atoms with Crippen LogP contribution in [0.4, 0.5) is 0 Å². The van der Waals surface area contributed by atoms with Crippen molar-refractivity contribution in [1.29, 1.82) is 0 Å². The van der Waals surface area contributed by atoms with Crippen LogP contribution in [0.25, 0.3) is 0 Å². The summed E-state index contributed by atoms with van der Waals surface area (Å²) in [5, 5.41) is 17.3. The third kappa shape index (κ3) is 3.34. The van der Waals surface area contributed by atoms with Crippen molar-refractivity contribution in [2.75, 3.05) is 6.54 Å². The molecule has 1 unspecified atom stereocenters. The molecule has 2 aromatic rings. The minimum Gasteiger partial charge on any atom is -0.383 e. The van der Waals surface area contributed by atoms with E-state index in [9.17, 15) is 9.90 Å². The quantitative estimate of drug-likeness (QED) is 0.828. The lowest BCUT2D eigenvalue weighted by atomic mass is 9.99. The molecule has 0 aliphatic heterocycles.